The molecule has 1 heterocycles. The molecular formula is C23H23ClNO4-. The van der Waals surface area contributed by atoms with Crippen LogP contribution in [0.2, 0.25) is 5.02 Å². The first-order valence-electron chi connectivity index (χ1n) is 9.55. The predicted molar refractivity (Wildman–Crippen MR) is 109 cm³/mol. The molecule has 2 aromatic rings. The fourth-order valence-electron chi connectivity index (χ4n) is 3.82. The van der Waals surface area contributed by atoms with Gasteiger partial charge in [0.25, 0.3) is 0 Å². The highest BCUT2D eigenvalue weighted by Gasteiger charge is 2.40. The minimum Gasteiger partial charge on any atom is -0.868 e. The zero-order chi connectivity index (χ0) is 20.9. The van der Waals surface area contributed by atoms with Crippen LogP contribution >= 0.6 is 11.6 Å². The molecule has 0 aromatic heterocycles. The van der Waals surface area contributed by atoms with Crippen molar-refractivity contribution in [3.8, 4) is 0 Å². The Kier molecular flexibility index (Phi) is 6.72. The molecule has 1 N–H and O–H groups in total. The molecule has 0 spiro atoms. The number of benzene rings is 2. The molecule has 1 saturated heterocycles. The van der Waals surface area contributed by atoms with E-state index < -0.39 is 22.9 Å². The minimum atomic E-state index is -1.61. The van der Waals surface area contributed by atoms with Crippen LogP contribution in [0, 0.1) is 5.41 Å². The smallest absolute Gasteiger partial charge is 0.320 e. The van der Waals surface area contributed by atoms with E-state index in [-0.39, 0.29) is 0 Å². The van der Waals surface area contributed by atoms with E-state index >= 15 is 0 Å². The van der Waals surface area contributed by atoms with Crippen molar-refractivity contribution < 1.29 is 19.8 Å². The number of piperidine rings is 1. The Morgan fingerprint density at radius 1 is 1.03 bits per heavy atom. The van der Waals surface area contributed by atoms with Crippen molar-refractivity contribution in [2.24, 2.45) is 5.41 Å². The van der Waals surface area contributed by atoms with Crippen molar-refractivity contribution in [2.45, 2.75) is 25.8 Å². The van der Waals surface area contributed by atoms with Gasteiger partial charge in [0.05, 0.1) is 0 Å². The lowest BCUT2D eigenvalue weighted by atomic mass is 9.70. The molecule has 1 aliphatic heterocycles. The van der Waals surface area contributed by atoms with E-state index in [0.29, 0.717) is 37.4 Å². The first-order valence-corrected chi connectivity index (χ1v) is 9.93. The molecule has 6 heteroatoms. The van der Waals surface area contributed by atoms with Crippen LogP contribution in [0.3, 0.4) is 0 Å². The fraction of sp³-hybridized carbons (Fsp3) is 0.304. The van der Waals surface area contributed by atoms with Gasteiger partial charge in [0.15, 0.2) is 5.78 Å². The predicted octanol–water partition coefficient (Wildman–Crippen LogP) is 3.06. The van der Waals surface area contributed by atoms with E-state index in [0.717, 1.165) is 18.2 Å². The molecular weight excluding hydrogens is 390 g/mol. The maximum atomic E-state index is 13.0. The average molecular weight is 413 g/mol. The second-order valence-electron chi connectivity index (χ2n) is 7.52. The molecule has 0 amide bonds. The molecule has 0 radical (unpaired) electrons. The Labute approximate surface area is 175 Å². The van der Waals surface area contributed by atoms with Crippen LogP contribution in [0.5, 0.6) is 0 Å². The summed E-state index contributed by atoms with van der Waals surface area (Å²) >= 11 is 5.96. The van der Waals surface area contributed by atoms with Crippen LogP contribution in [-0.4, -0.2) is 34.8 Å². The van der Waals surface area contributed by atoms with Gasteiger partial charge in [-0.25, -0.2) is 4.79 Å². The van der Waals surface area contributed by atoms with Gasteiger partial charge < -0.3 is 10.2 Å². The highest BCUT2D eigenvalue weighted by atomic mass is 35.5. The molecule has 1 aliphatic rings. The van der Waals surface area contributed by atoms with Crippen molar-refractivity contribution in [3.63, 3.8) is 0 Å². The molecule has 0 saturated carbocycles. The number of rotatable bonds is 7. The monoisotopic (exact) mass is 412 g/mol. The number of aliphatic carboxylic acids is 1. The SMILES string of the molecule is O=C(O)/C([O-])=C/C(=O)C1(Cc2ccc(Cl)cc2)CCN(Cc2ccccc2)CC1. The molecule has 2 aromatic carbocycles. The lowest BCUT2D eigenvalue weighted by Gasteiger charge is -2.40. The van der Waals surface area contributed by atoms with Crippen LogP contribution in [0.1, 0.15) is 24.0 Å². The van der Waals surface area contributed by atoms with Gasteiger partial charge in [0.1, 0.15) is 0 Å². The summed E-state index contributed by atoms with van der Waals surface area (Å²) < 4.78 is 0. The standard InChI is InChI=1S/C23H24ClNO4/c24-19-8-6-17(7-9-19)15-23(21(27)14-20(26)22(28)29)10-12-25(13-11-23)16-18-4-2-1-3-5-18/h1-9,14,26H,10-13,15-16H2,(H,28,29)/p-1/b20-14-. The lowest BCUT2D eigenvalue weighted by molar-refractivity contribution is -0.302. The van der Waals surface area contributed by atoms with Gasteiger partial charge in [0, 0.05) is 17.0 Å². The van der Waals surface area contributed by atoms with Crippen LogP contribution in [0.4, 0.5) is 0 Å². The number of allylic oxidation sites excluding steroid dienone is 1. The first-order chi connectivity index (χ1) is 13.9. The van der Waals surface area contributed by atoms with E-state index in [9.17, 15) is 14.7 Å². The zero-order valence-electron chi connectivity index (χ0n) is 16.0. The Morgan fingerprint density at radius 2 is 1.66 bits per heavy atom. The number of ketones is 1. The molecule has 0 aliphatic carbocycles. The third kappa shape index (κ3) is 5.46. The number of hydrogen-bond donors (Lipinski definition) is 1. The summed E-state index contributed by atoms with van der Waals surface area (Å²) in [4.78, 5) is 26.2. The Balaban J connectivity index is 1.78. The maximum absolute atomic E-state index is 13.0. The number of carboxylic acid groups (broad SMARTS) is 1. The second-order valence-corrected chi connectivity index (χ2v) is 7.96. The van der Waals surface area contributed by atoms with Gasteiger partial charge in [-0.15, -0.1) is 0 Å². The van der Waals surface area contributed by atoms with Gasteiger partial charge in [-0.3, -0.25) is 9.69 Å². The molecule has 0 bridgehead atoms. The normalized spacial score (nSPS) is 17.1. The highest BCUT2D eigenvalue weighted by molar-refractivity contribution is 6.30. The largest absolute Gasteiger partial charge is 0.868 e. The molecule has 5 nitrogen and oxygen atoms in total. The van der Waals surface area contributed by atoms with Crippen molar-refractivity contribution in [1.29, 1.82) is 0 Å². The number of hydrogen-bond acceptors (Lipinski definition) is 4. The van der Waals surface area contributed by atoms with Crippen molar-refractivity contribution in [3.05, 3.63) is 82.6 Å². The molecule has 152 valence electrons. The summed E-state index contributed by atoms with van der Waals surface area (Å²) in [5, 5.41) is 21.1. The lowest BCUT2D eigenvalue weighted by Crippen LogP contribution is -2.45. The Morgan fingerprint density at radius 3 is 2.24 bits per heavy atom. The second kappa shape index (κ2) is 9.25. The summed E-state index contributed by atoms with van der Waals surface area (Å²) in [6, 6.07) is 17.4. The molecule has 0 atom stereocenters. The summed E-state index contributed by atoms with van der Waals surface area (Å²) in [5.74, 6) is -3.18. The maximum Gasteiger partial charge on any atom is 0.320 e. The molecule has 0 unspecified atom stereocenters. The summed E-state index contributed by atoms with van der Waals surface area (Å²) in [7, 11) is 0. The van der Waals surface area contributed by atoms with Crippen LogP contribution in [0.25, 0.3) is 0 Å². The number of likely N-dealkylation sites (tertiary alicyclic amines) is 1. The molecule has 29 heavy (non-hydrogen) atoms. The van der Waals surface area contributed by atoms with Crippen LogP contribution in [0.15, 0.2) is 66.4 Å². The van der Waals surface area contributed by atoms with Crippen molar-refractivity contribution in [2.75, 3.05) is 13.1 Å². The van der Waals surface area contributed by atoms with Crippen molar-refractivity contribution >= 4 is 23.4 Å². The van der Waals surface area contributed by atoms with Crippen LogP contribution < -0.4 is 5.11 Å². The highest BCUT2D eigenvalue weighted by Crippen LogP contribution is 2.37. The topological polar surface area (TPSA) is 80.7 Å². The summed E-state index contributed by atoms with van der Waals surface area (Å²) in [6.45, 7) is 2.19. The van der Waals surface area contributed by atoms with Gasteiger partial charge in [-0.05, 0) is 67.4 Å². The summed E-state index contributed by atoms with van der Waals surface area (Å²) in [6.07, 6.45) is 2.33. The Hall–Kier alpha value is -2.63. The number of halogens is 1. The van der Waals surface area contributed by atoms with Gasteiger partial charge in [0.2, 0.25) is 0 Å². The average Bonchev–Trinajstić information content (AvgIpc) is 2.72. The summed E-state index contributed by atoms with van der Waals surface area (Å²) in [5.41, 5.74) is 1.36. The minimum absolute atomic E-state index is 0.404. The first kappa shape index (κ1) is 21.1. The van der Waals surface area contributed by atoms with E-state index in [1.54, 1.807) is 12.1 Å². The van der Waals surface area contributed by atoms with Gasteiger partial charge in [-0.1, -0.05) is 54.1 Å². The van der Waals surface area contributed by atoms with E-state index in [4.69, 9.17) is 16.7 Å². The third-order valence-electron chi connectivity index (χ3n) is 5.51. The van der Waals surface area contributed by atoms with Gasteiger partial charge in [-0.2, -0.15) is 0 Å². The third-order valence-corrected chi connectivity index (χ3v) is 5.77. The number of carbonyl (C=O) groups is 2. The zero-order valence-corrected chi connectivity index (χ0v) is 16.8. The molecule has 1 fully saturated rings. The van der Waals surface area contributed by atoms with E-state index in [1.807, 2.05) is 30.3 Å². The number of nitrogens with zero attached hydrogens (tertiary/aromatic N) is 1. The van der Waals surface area contributed by atoms with E-state index in [1.165, 1.54) is 5.56 Å². The van der Waals surface area contributed by atoms with Gasteiger partial charge >= 0.3 is 5.97 Å². The quantitative estimate of drug-likeness (QED) is 0.558. The van der Waals surface area contributed by atoms with Crippen molar-refractivity contribution in [1.82, 2.24) is 4.90 Å². The number of carboxylic acids is 1. The van der Waals surface area contributed by atoms with E-state index in [2.05, 4.69) is 17.0 Å². The number of carbonyl (C=O) groups excluding carboxylic acids is 1. The van der Waals surface area contributed by atoms with Crippen LogP contribution in [-0.2, 0) is 22.6 Å². The fourth-order valence-corrected chi connectivity index (χ4v) is 3.94. The molecule has 3 rings (SSSR count). The Bertz CT molecular complexity index is 885.